The summed E-state index contributed by atoms with van der Waals surface area (Å²) in [5.74, 6) is 0. The second-order valence-corrected chi connectivity index (χ2v) is 7.46. The monoisotopic (exact) mass is 331 g/mol. The van der Waals surface area contributed by atoms with Crippen molar-refractivity contribution in [3.8, 4) is 0 Å². The molecule has 0 amide bonds. The molecule has 18 heavy (non-hydrogen) atoms. The van der Waals surface area contributed by atoms with Gasteiger partial charge in [0, 0.05) is 10.9 Å². The topological polar surface area (TPSA) is 12.0 Å². The van der Waals surface area contributed by atoms with Gasteiger partial charge in [-0.15, -0.1) is 11.3 Å². The quantitative estimate of drug-likeness (QED) is 0.566. The molecule has 1 unspecified atom stereocenters. The third kappa shape index (κ3) is 6.91. The van der Waals surface area contributed by atoms with Crippen LogP contribution in [0.25, 0.3) is 0 Å². The molecular weight excluding hydrogens is 306 g/mol. The largest absolute Gasteiger partial charge is 0.314 e. The Kier molecular flexibility index (Phi) is 8.99. The van der Waals surface area contributed by atoms with E-state index in [0.717, 1.165) is 6.54 Å². The lowest BCUT2D eigenvalue weighted by Gasteiger charge is -2.17. The summed E-state index contributed by atoms with van der Waals surface area (Å²) in [5, 5.41) is 3.70. The van der Waals surface area contributed by atoms with Gasteiger partial charge in [-0.05, 0) is 53.9 Å². The molecule has 0 fully saturated rings. The molecule has 1 aromatic rings. The summed E-state index contributed by atoms with van der Waals surface area (Å²) in [5.41, 5.74) is 0. The fraction of sp³-hybridized carbons (Fsp3) is 0.733. The number of halogens is 1. The van der Waals surface area contributed by atoms with Gasteiger partial charge >= 0.3 is 0 Å². The van der Waals surface area contributed by atoms with Crippen molar-refractivity contribution in [2.45, 2.75) is 64.8 Å². The summed E-state index contributed by atoms with van der Waals surface area (Å²) in [6.07, 6.45) is 9.17. The van der Waals surface area contributed by atoms with Crippen molar-refractivity contribution in [1.29, 1.82) is 0 Å². The highest BCUT2D eigenvalue weighted by Gasteiger charge is 2.10. The van der Waals surface area contributed by atoms with E-state index >= 15 is 0 Å². The van der Waals surface area contributed by atoms with Crippen LogP contribution in [0.1, 0.15) is 57.2 Å². The van der Waals surface area contributed by atoms with E-state index in [9.17, 15) is 0 Å². The summed E-state index contributed by atoms with van der Waals surface area (Å²) in [4.78, 5) is 1.49. The molecule has 0 radical (unpaired) electrons. The minimum Gasteiger partial charge on any atom is -0.314 e. The van der Waals surface area contributed by atoms with Gasteiger partial charge in [0.05, 0.1) is 3.79 Å². The van der Waals surface area contributed by atoms with Gasteiger partial charge in [-0.25, -0.2) is 0 Å². The van der Waals surface area contributed by atoms with Gasteiger partial charge in [-0.2, -0.15) is 0 Å². The molecule has 104 valence electrons. The number of rotatable bonds is 10. The maximum Gasteiger partial charge on any atom is 0.0701 e. The Bertz CT molecular complexity index is 311. The van der Waals surface area contributed by atoms with Gasteiger partial charge in [-0.3, -0.25) is 0 Å². The third-order valence-corrected chi connectivity index (χ3v) is 4.81. The van der Waals surface area contributed by atoms with Crippen molar-refractivity contribution >= 4 is 27.3 Å². The molecule has 1 heterocycles. The number of thiophene rings is 1. The third-order valence-electron chi connectivity index (χ3n) is 3.17. The van der Waals surface area contributed by atoms with Crippen molar-refractivity contribution < 1.29 is 0 Å². The Hall–Kier alpha value is 0.140. The fourth-order valence-corrected chi connectivity index (χ4v) is 3.71. The second kappa shape index (κ2) is 9.99. The number of unbranched alkanes of at least 4 members (excludes halogenated alkanes) is 3. The van der Waals surface area contributed by atoms with Gasteiger partial charge in [0.25, 0.3) is 0 Å². The summed E-state index contributed by atoms with van der Waals surface area (Å²) < 4.78 is 1.25. The van der Waals surface area contributed by atoms with Crippen LogP contribution in [0.5, 0.6) is 0 Å². The lowest BCUT2D eigenvalue weighted by Crippen LogP contribution is -2.31. The molecule has 1 rings (SSSR count). The van der Waals surface area contributed by atoms with E-state index in [1.165, 1.54) is 53.6 Å². The Morgan fingerprint density at radius 3 is 2.61 bits per heavy atom. The number of nitrogens with one attached hydrogen (secondary N) is 1. The zero-order valence-electron chi connectivity index (χ0n) is 11.7. The average molecular weight is 332 g/mol. The number of hydrogen-bond donors (Lipinski definition) is 1. The number of hydrogen-bond acceptors (Lipinski definition) is 2. The van der Waals surface area contributed by atoms with Crippen LogP contribution in [0.4, 0.5) is 0 Å². The van der Waals surface area contributed by atoms with E-state index in [1.54, 1.807) is 0 Å². The Labute approximate surface area is 125 Å². The minimum absolute atomic E-state index is 0.660. The van der Waals surface area contributed by atoms with Gasteiger partial charge in [-0.1, -0.05) is 39.5 Å². The first-order valence-electron chi connectivity index (χ1n) is 7.23. The van der Waals surface area contributed by atoms with E-state index in [1.807, 2.05) is 11.3 Å². The van der Waals surface area contributed by atoms with Crippen LogP contribution in [-0.2, 0) is 6.42 Å². The molecule has 0 aromatic carbocycles. The molecule has 1 nitrogen and oxygen atoms in total. The van der Waals surface area contributed by atoms with Gasteiger partial charge in [0.2, 0.25) is 0 Å². The summed E-state index contributed by atoms with van der Waals surface area (Å²) in [7, 11) is 0. The highest BCUT2D eigenvalue weighted by Crippen LogP contribution is 2.24. The van der Waals surface area contributed by atoms with Crippen LogP contribution in [0.2, 0.25) is 0 Å². The molecule has 0 aliphatic heterocycles. The first kappa shape index (κ1) is 16.2. The highest BCUT2D eigenvalue weighted by atomic mass is 79.9. The van der Waals surface area contributed by atoms with E-state index in [4.69, 9.17) is 0 Å². The zero-order valence-corrected chi connectivity index (χ0v) is 14.1. The van der Waals surface area contributed by atoms with Gasteiger partial charge in [0.15, 0.2) is 0 Å². The van der Waals surface area contributed by atoms with Crippen molar-refractivity contribution in [3.63, 3.8) is 0 Å². The molecule has 3 heteroatoms. The average Bonchev–Trinajstić information content (AvgIpc) is 2.77. The molecule has 0 saturated carbocycles. The SMILES string of the molecule is CCCCCCC(Cc1ccc(Br)s1)NCCC. The lowest BCUT2D eigenvalue weighted by molar-refractivity contribution is 0.455. The lowest BCUT2D eigenvalue weighted by atomic mass is 10.0. The second-order valence-electron chi connectivity index (χ2n) is 4.91. The van der Waals surface area contributed by atoms with E-state index < -0.39 is 0 Å². The molecule has 0 aliphatic carbocycles. The standard InChI is InChI=1S/C15H26BrNS/c1-3-5-6-7-8-13(17-11-4-2)12-14-9-10-15(16)18-14/h9-10,13,17H,3-8,11-12H2,1-2H3. The minimum atomic E-state index is 0.660. The van der Waals surface area contributed by atoms with Crippen LogP contribution in [0.3, 0.4) is 0 Å². The van der Waals surface area contributed by atoms with Crippen molar-refractivity contribution in [1.82, 2.24) is 5.32 Å². The van der Waals surface area contributed by atoms with Crippen LogP contribution in [0.15, 0.2) is 15.9 Å². The summed E-state index contributed by atoms with van der Waals surface area (Å²) in [6, 6.07) is 5.07. The zero-order chi connectivity index (χ0) is 13.2. The Morgan fingerprint density at radius 2 is 2.00 bits per heavy atom. The van der Waals surface area contributed by atoms with Crippen LogP contribution < -0.4 is 5.32 Å². The van der Waals surface area contributed by atoms with Crippen LogP contribution in [-0.4, -0.2) is 12.6 Å². The Morgan fingerprint density at radius 1 is 1.17 bits per heavy atom. The molecule has 0 bridgehead atoms. The maximum absolute atomic E-state index is 3.70. The van der Waals surface area contributed by atoms with E-state index in [-0.39, 0.29) is 0 Å². The molecule has 1 atom stereocenters. The molecular formula is C15H26BrNS. The summed E-state index contributed by atoms with van der Waals surface area (Å²) in [6.45, 7) is 5.66. The molecule has 0 saturated heterocycles. The molecule has 1 N–H and O–H groups in total. The molecule has 1 aromatic heterocycles. The molecule has 0 aliphatic rings. The smallest absolute Gasteiger partial charge is 0.0701 e. The first-order chi connectivity index (χ1) is 8.76. The fourth-order valence-electron chi connectivity index (χ4n) is 2.15. The van der Waals surface area contributed by atoms with Crippen molar-refractivity contribution in [2.24, 2.45) is 0 Å². The predicted molar refractivity (Wildman–Crippen MR) is 86.6 cm³/mol. The first-order valence-corrected chi connectivity index (χ1v) is 8.84. The van der Waals surface area contributed by atoms with Gasteiger partial charge in [0.1, 0.15) is 0 Å². The van der Waals surface area contributed by atoms with E-state index in [2.05, 4.69) is 47.2 Å². The van der Waals surface area contributed by atoms with Crippen molar-refractivity contribution in [3.05, 3.63) is 20.8 Å². The highest BCUT2D eigenvalue weighted by molar-refractivity contribution is 9.11. The van der Waals surface area contributed by atoms with Gasteiger partial charge < -0.3 is 5.32 Å². The summed E-state index contributed by atoms with van der Waals surface area (Å²) >= 11 is 5.42. The van der Waals surface area contributed by atoms with Crippen LogP contribution in [0, 0.1) is 0 Å². The van der Waals surface area contributed by atoms with E-state index in [0.29, 0.717) is 6.04 Å². The normalized spacial score (nSPS) is 12.8. The maximum atomic E-state index is 3.70. The van der Waals surface area contributed by atoms with Crippen molar-refractivity contribution in [2.75, 3.05) is 6.54 Å². The Balaban J connectivity index is 2.34. The van der Waals surface area contributed by atoms with Crippen LogP contribution >= 0.6 is 27.3 Å². The predicted octanol–water partition coefficient (Wildman–Crippen LogP) is 5.39. The molecule has 0 spiro atoms.